The largest absolute Gasteiger partial charge is 0.333 e. The van der Waals surface area contributed by atoms with Gasteiger partial charge in [-0.25, -0.2) is 0 Å². The lowest BCUT2D eigenvalue weighted by molar-refractivity contribution is -0.145. The highest BCUT2D eigenvalue weighted by molar-refractivity contribution is 7.10. The van der Waals surface area contributed by atoms with E-state index in [4.69, 9.17) is 0 Å². The van der Waals surface area contributed by atoms with Gasteiger partial charge in [0.05, 0.1) is 12.6 Å². The molecule has 2 aliphatic rings. The molecule has 0 bridgehead atoms. The van der Waals surface area contributed by atoms with Crippen LogP contribution in [-0.4, -0.2) is 41.2 Å². The molecular formula is C26H34N2O2S. The van der Waals surface area contributed by atoms with Gasteiger partial charge in [-0.3, -0.25) is 9.59 Å². The zero-order valence-electron chi connectivity index (χ0n) is 19.0. The van der Waals surface area contributed by atoms with E-state index in [1.165, 1.54) is 21.6 Å². The summed E-state index contributed by atoms with van der Waals surface area (Å²) in [6, 6.07) is 10.5. The van der Waals surface area contributed by atoms with Crippen molar-refractivity contribution in [1.29, 1.82) is 0 Å². The lowest BCUT2D eigenvalue weighted by Gasteiger charge is -2.39. The van der Waals surface area contributed by atoms with Crippen LogP contribution < -0.4 is 0 Å². The maximum absolute atomic E-state index is 13.6. The highest BCUT2D eigenvalue weighted by Crippen LogP contribution is 2.39. The van der Waals surface area contributed by atoms with Gasteiger partial charge >= 0.3 is 0 Å². The molecule has 4 nitrogen and oxygen atoms in total. The minimum Gasteiger partial charge on any atom is -0.333 e. The number of benzene rings is 1. The molecule has 4 rings (SSSR count). The van der Waals surface area contributed by atoms with Crippen molar-refractivity contribution < 1.29 is 9.59 Å². The standard InChI is InChI=1S/C26H34N2O2S/c1-18(2)11-14-27(26(30)20-8-6-9-20)17-24(29)28-15-12-23-22(13-16-31-23)25(28)21-10-5-4-7-19(21)3/h4-5,7,10,13,16,18,20,25H,6,8-9,11-12,14-15,17H2,1-3H3. The zero-order chi connectivity index (χ0) is 22.0. The fourth-order valence-corrected chi connectivity index (χ4v) is 5.57. The number of carbonyl (C=O) groups excluding carboxylic acids is 2. The molecule has 1 fully saturated rings. The van der Waals surface area contributed by atoms with Gasteiger partial charge < -0.3 is 9.80 Å². The van der Waals surface area contributed by atoms with Gasteiger partial charge in [-0.15, -0.1) is 11.3 Å². The maximum atomic E-state index is 13.6. The molecule has 0 radical (unpaired) electrons. The molecule has 1 aromatic carbocycles. The second-order valence-corrected chi connectivity index (χ2v) is 10.5. The number of rotatable bonds is 7. The molecular weight excluding hydrogens is 404 g/mol. The number of hydrogen-bond acceptors (Lipinski definition) is 3. The maximum Gasteiger partial charge on any atom is 0.242 e. The van der Waals surface area contributed by atoms with E-state index in [0.717, 1.165) is 32.1 Å². The highest BCUT2D eigenvalue weighted by atomic mass is 32.1. The van der Waals surface area contributed by atoms with Crippen LogP contribution in [0.15, 0.2) is 35.7 Å². The normalized spacial score (nSPS) is 18.6. The summed E-state index contributed by atoms with van der Waals surface area (Å²) in [5.74, 6) is 0.884. The van der Waals surface area contributed by atoms with Crippen LogP contribution >= 0.6 is 11.3 Å². The van der Waals surface area contributed by atoms with Crippen molar-refractivity contribution in [3.8, 4) is 0 Å². The number of thiophene rings is 1. The fraction of sp³-hybridized carbons (Fsp3) is 0.538. The van der Waals surface area contributed by atoms with Crippen LogP contribution in [-0.2, 0) is 16.0 Å². The highest BCUT2D eigenvalue weighted by Gasteiger charge is 2.36. The van der Waals surface area contributed by atoms with Gasteiger partial charge in [-0.05, 0) is 66.7 Å². The van der Waals surface area contributed by atoms with Crippen LogP contribution in [0.25, 0.3) is 0 Å². The Bertz CT molecular complexity index is 931. The van der Waals surface area contributed by atoms with E-state index in [1.54, 1.807) is 11.3 Å². The molecule has 31 heavy (non-hydrogen) atoms. The summed E-state index contributed by atoms with van der Waals surface area (Å²) in [4.78, 5) is 32.0. The van der Waals surface area contributed by atoms with Crippen LogP contribution in [0.5, 0.6) is 0 Å². The second-order valence-electron chi connectivity index (χ2n) is 9.47. The first-order valence-corrected chi connectivity index (χ1v) is 12.5. The predicted molar refractivity (Wildman–Crippen MR) is 126 cm³/mol. The lowest BCUT2D eigenvalue weighted by atomic mass is 9.84. The van der Waals surface area contributed by atoms with Crippen molar-refractivity contribution in [1.82, 2.24) is 9.80 Å². The zero-order valence-corrected chi connectivity index (χ0v) is 19.8. The third kappa shape index (κ3) is 4.72. The molecule has 0 spiro atoms. The third-order valence-corrected chi connectivity index (χ3v) is 7.83. The number of hydrogen-bond donors (Lipinski definition) is 0. The lowest BCUT2D eigenvalue weighted by Crippen LogP contribution is -2.49. The predicted octanol–water partition coefficient (Wildman–Crippen LogP) is 5.21. The SMILES string of the molecule is Cc1ccccc1C1c2ccsc2CCN1C(=O)CN(CCC(C)C)C(=O)C1CCC1. The second kappa shape index (κ2) is 9.56. The Balaban J connectivity index is 1.59. The summed E-state index contributed by atoms with van der Waals surface area (Å²) in [5.41, 5.74) is 3.64. The van der Waals surface area contributed by atoms with E-state index in [-0.39, 0.29) is 30.3 Å². The fourth-order valence-electron chi connectivity index (χ4n) is 4.66. The summed E-state index contributed by atoms with van der Waals surface area (Å²) in [5, 5.41) is 2.14. The van der Waals surface area contributed by atoms with Crippen LogP contribution in [0.1, 0.15) is 67.1 Å². The Morgan fingerprint density at radius 2 is 1.94 bits per heavy atom. The molecule has 0 N–H and O–H groups in total. The van der Waals surface area contributed by atoms with Crippen molar-refractivity contribution in [2.45, 2.75) is 58.9 Å². The van der Waals surface area contributed by atoms with E-state index >= 15 is 0 Å². The molecule has 166 valence electrons. The van der Waals surface area contributed by atoms with E-state index in [1.807, 2.05) is 15.9 Å². The number of amides is 2. The number of carbonyl (C=O) groups is 2. The average Bonchev–Trinajstić information content (AvgIpc) is 3.18. The minimum absolute atomic E-state index is 0.0607. The van der Waals surface area contributed by atoms with Crippen LogP contribution in [0.2, 0.25) is 0 Å². The van der Waals surface area contributed by atoms with Gasteiger partial charge in [0.2, 0.25) is 11.8 Å². The Kier molecular flexibility index (Phi) is 6.80. The summed E-state index contributed by atoms with van der Waals surface area (Å²) in [7, 11) is 0. The number of fused-ring (bicyclic) bond motifs is 1. The van der Waals surface area contributed by atoms with Crippen LogP contribution in [0, 0.1) is 18.8 Å². The van der Waals surface area contributed by atoms with Crippen molar-refractivity contribution in [3.63, 3.8) is 0 Å². The Hall–Kier alpha value is -2.14. The molecule has 0 saturated heterocycles. The smallest absolute Gasteiger partial charge is 0.242 e. The first-order chi connectivity index (χ1) is 15.0. The molecule has 1 unspecified atom stereocenters. The quantitative estimate of drug-likeness (QED) is 0.596. The summed E-state index contributed by atoms with van der Waals surface area (Å²) in [6.45, 7) is 8.04. The molecule has 1 atom stereocenters. The first-order valence-electron chi connectivity index (χ1n) is 11.7. The van der Waals surface area contributed by atoms with Gasteiger partial charge in [-0.1, -0.05) is 44.5 Å². The molecule has 1 aliphatic carbocycles. The molecule has 2 aromatic rings. The van der Waals surface area contributed by atoms with E-state index < -0.39 is 0 Å². The molecule has 1 aromatic heterocycles. The van der Waals surface area contributed by atoms with Gasteiger partial charge in [0.1, 0.15) is 0 Å². The Labute approximate surface area is 190 Å². The van der Waals surface area contributed by atoms with Crippen LogP contribution in [0.3, 0.4) is 0 Å². The summed E-state index contributed by atoms with van der Waals surface area (Å²) >= 11 is 1.79. The number of nitrogens with zero attached hydrogens (tertiary/aromatic N) is 2. The monoisotopic (exact) mass is 438 g/mol. The van der Waals surface area contributed by atoms with E-state index in [0.29, 0.717) is 19.0 Å². The van der Waals surface area contributed by atoms with Crippen molar-refractivity contribution in [3.05, 3.63) is 57.3 Å². The Morgan fingerprint density at radius 3 is 2.61 bits per heavy atom. The van der Waals surface area contributed by atoms with Gasteiger partial charge in [0.15, 0.2) is 0 Å². The van der Waals surface area contributed by atoms with E-state index in [9.17, 15) is 9.59 Å². The van der Waals surface area contributed by atoms with Gasteiger partial charge in [0, 0.05) is 23.9 Å². The average molecular weight is 439 g/mol. The molecule has 2 heterocycles. The van der Waals surface area contributed by atoms with Crippen molar-refractivity contribution in [2.75, 3.05) is 19.6 Å². The topological polar surface area (TPSA) is 40.6 Å². The van der Waals surface area contributed by atoms with Crippen LogP contribution in [0.4, 0.5) is 0 Å². The van der Waals surface area contributed by atoms with Gasteiger partial charge in [0.25, 0.3) is 0 Å². The van der Waals surface area contributed by atoms with Gasteiger partial charge in [-0.2, -0.15) is 0 Å². The molecule has 5 heteroatoms. The molecule has 2 amide bonds. The van der Waals surface area contributed by atoms with E-state index in [2.05, 4.69) is 50.4 Å². The van der Waals surface area contributed by atoms with Crippen molar-refractivity contribution >= 4 is 23.2 Å². The summed E-state index contributed by atoms with van der Waals surface area (Å²) in [6.07, 6.45) is 4.90. The first kappa shape index (κ1) is 22.1. The number of aryl methyl sites for hydroxylation is 1. The molecule has 1 aliphatic heterocycles. The molecule has 1 saturated carbocycles. The minimum atomic E-state index is -0.0607. The Morgan fingerprint density at radius 1 is 1.16 bits per heavy atom. The van der Waals surface area contributed by atoms with Crippen molar-refractivity contribution in [2.24, 2.45) is 11.8 Å². The third-order valence-electron chi connectivity index (χ3n) is 6.84. The summed E-state index contributed by atoms with van der Waals surface area (Å²) < 4.78 is 0.